The highest BCUT2D eigenvalue weighted by Gasteiger charge is 2.36. The van der Waals surface area contributed by atoms with E-state index in [4.69, 9.17) is 19.4 Å². The van der Waals surface area contributed by atoms with E-state index in [9.17, 15) is 10.1 Å². The number of hydrogen-bond acceptors (Lipinski definition) is 9. The third kappa shape index (κ3) is 5.63. The van der Waals surface area contributed by atoms with Crippen LogP contribution >= 0.6 is 0 Å². The molecule has 1 amide bonds. The molecule has 0 unspecified atom stereocenters. The fourth-order valence-corrected chi connectivity index (χ4v) is 6.67. The van der Waals surface area contributed by atoms with Gasteiger partial charge in [0.15, 0.2) is 0 Å². The van der Waals surface area contributed by atoms with Gasteiger partial charge in [-0.25, -0.2) is 0 Å². The van der Waals surface area contributed by atoms with E-state index >= 15 is 0 Å². The first-order valence-electron chi connectivity index (χ1n) is 15.0. The number of hydrogen-bond donors (Lipinski definition) is 0. The number of piperazine rings is 1. The Morgan fingerprint density at radius 3 is 2.74 bits per heavy atom. The molecule has 0 saturated carbocycles. The first-order chi connectivity index (χ1) is 20.9. The smallest absolute Gasteiger partial charge is 0.319 e. The number of aryl methyl sites for hydroxylation is 1. The summed E-state index contributed by atoms with van der Waals surface area (Å²) < 4.78 is 12.2. The zero-order valence-corrected chi connectivity index (χ0v) is 25.2. The standard InChI is InChI=1S/C33H39N7O3/c1-5-30(41)40-17-16-39(18-24(40)12-14-34)32-25-13-15-38(27-11-7-10-23-9-6-8-22(2)31(23)27)19-26(25)35-33(36-32)43-29-21-42-20-28(29)37(3)4/h5-11,24,28-29H,1,12-13,15-21H2,2-4H3/t24-,28-,29-/m0/s1. The highest BCUT2D eigenvalue weighted by molar-refractivity contribution is 5.97. The average molecular weight is 582 g/mol. The van der Waals surface area contributed by atoms with Gasteiger partial charge in [0.25, 0.3) is 0 Å². The molecule has 2 aromatic carbocycles. The van der Waals surface area contributed by atoms with Crippen molar-refractivity contribution in [2.45, 2.75) is 44.5 Å². The molecule has 3 aromatic rings. The number of carbonyl (C=O) groups excluding carboxylic acids is 1. The third-order valence-corrected chi connectivity index (χ3v) is 8.94. The molecule has 0 radical (unpaired) electrons. The van der Waals surface area contributed by atoms with Gasteiger partial charge >= 0.3 is 6.01 Å². The van der Waals surface area contributed by atoms with Gasteiger partial charge in [0.05, 0.1) is 50.0 Å². The third-order valence-electron chi connectivity index (χ3n) is 8.94. The Kier molecular flexibility index (Phi) is 8.19. The van der Waals surface area contributed by atoms with Crippen LogP contribution in [0.3, 0.4) is 0 Å². The van der Waals surface area contributed by atoms with Crippen molar-refractivity contribution < 1.29 is 14.3 Å². The number of anilines is 2. The molecule has 3 atom stereocenters. The van der Waals surface area contributed by atoms with Crippen molar-refractivity contribution in [2.75, 3.05) is 63.3 Å². The number of amides is 1. The molecule has 0 spiro atoms. The molecular formula is C33H39N7O3. The van der Waals surface area contributed by atoms with Gasteiger partial charge in [-0.3, -0.25) is 4.79 Å². The minimum atomic E-state index is -0.251. The van der Waals surface area contributed by atoms with Crippen LogP contribution in [0.5, 0.6) is 6.01 Å². The minimum Gasteiger partial charge on any atom is -0.456 e. The monoisotopic (exact) mass is 581 g/mol. The van der Waals surface area contributed by atoms with E-state index in [1.54, 1.807) is 4.90 Å². The van der Waals surface area contributed by atoms with Gasteiger partial charge in [-0.1, -0.05) is 36.9 Å². The van der Waals surface area contributed by atoms with Crippen LogP contribution in [0.2, 0.25) is 0 Å². The fraction of sp³-hybridized carbons (Fsp3) is 0.455. The maximum atomic E-state index is 12.6. The quantitative estimate of drug-likeness (QED) is 0.389. The van der Waals surface area contributed by atoms with Crippen LogP contribution in [0.25, 0.3) is 10.8 Å². The Morgan fingerprint density at radius 2 is 1.98 bits per heavy atom. The van der Waals surface area contributed by atoms with E-state index in [2.05, 4.69) is 70.7 Å². The zero-order chi connectivity index (χ0) is 30.1. The van der Waals surface area contributed by atoms with Crippen LogP contribution in [0, 0.1) is 18.3 Å². The molecule has 10 heteroatoms. The summed E-state index contributed by atoms with van der Waals surface area (Å²) in [7, 11) is 4.05. The second-order valence-corrected chi connectivity index (χ2v) is 11.8. The number of benzene rings is 2. The number of aromatic nitrogens is 2. The lowest BCUT2D eigenvalue weighted by atomic mass is 9.99. The molecule has 43 heavy (non-hydrogen) atoms. The molecule has 224 valence electrons. The fourth-order valence-electron chi connectivity index (χ4n) is 6.67. The van der Waals surface area contributed by atoms with Gasteiger partial charge in [0.2, 0.25) is 5.91 Å². The summed E-state index contributed by atoms with van der Waals surface area (Å²) in [4.78, 5) is 31.0. The molecule has 2 fully saturated rings. The lowest BCUT2D eigenvalue weighted by molar-refractivity contribution is -0.128. The molecule has 2 saturated heterocycles. The van der Waals surface area contributed by atoms with Crippen LogP contribution in [-0.4, -0.2) is 97.4 Å². The minimum absolute atomic E-state index is 0.103. The van der Waals surface area contributed by atoms with Gasteiger partial charge in [-0.15, -0.1) is 0 Å². The van der Waals surface area contributed by atoms with E-state index in [1.807, 2.05) is 14.1 Å². The Hall–Kier alpha value is -4.20. The lowest BCUT2D eigenvalue weighted by Gasteiger charge is -2.42. The van der Waals surface area contributed by atoms with Crippen LogP contribution in [0.15, 0.2) is 49.1 Å². The predicted molar refractivity (Wildman–Crippen MR) is 166 cm³/mol. The second kappa shape index (κ2) is 12.2. The van der Waals surface area contributed by atoms with Gasteiger partial charge < -0.3 is 29.1 Å². The summed E-state index contributed by atoms with van der Waals surface area (Å²) in [6.45, 7) is 9.95. The van der Waals surface area contributed by atoms with E-state index in [-0.39, 0.29) is 30.5 Å². The Labute approximate surface area is 253 Å². The Morgan fingerprint density at radius 1 is 1.16 bits per heavy atom. The maximum absolute atomic E-state index is 12.6. The number of likely N-dealkylation sites (N-methyl/N-ethyl adjacent to an activating group) is 1. The highest BCUT2D eigenvalue weighted by atomic mass is 16.6. The summed E-state index contributed by atoms with van der Waals surface area (Å²) in [6, 6.07) is 15.4. The largest absolute Gasteiger partial charge is 0.456 e. The van der Waals surface area contributed by atoms with E-state index in [0.717, 1.165) is 30.0 Å². The summed E-state index contributed by atoms with van der Waals surface area (Å²) in [6.07, 6.45) is 2.15. The van der Waals surface area contributed by atoms with Crippen LogP contribution < -0.4 is 14.5 Å². The summed E-state index contributed by atoms with van der Waals surface area (Å²) in [5.74, 6) is 0.688. The molecule has 10 nitrogen and oxygen atoms in total. The molecule has 6 rings (SSSR count). The number of fused-ring (bicyclic) bond motifs is 2. The van der Waals surface area contributed by atoms with Gasteiger partial charge in [0, 0.05) is 42.8 Å². The zero-order valence-electron chi connectivity index (χ0n) is 25.2. The summed E-state index contributed by atoms with van der Waals surface area (Å²) in [5, 5.41) is 12.0. The molecule has 0 aliphatic carbocycles. The second-order valence-electron chi connectivity index (χ2n) is 11.8. The number of nitrogens with zero attached hydrogens (tertiary/aromatic N) is 7. The van der Waals surface area contributed by atoms with Crippen molar-refractivity contribution in [1.29, 1.82) is 5.26 Å². The maximum Gasteiger partial charge on any atom is 0.319 e. The Bertz CT molecular complexity index is 1560. The predicted octanol–water partition coefficient (Wildman–Crippen LogP) is 3.33. The van der Waals surface area contributed by atoms with E-state index < -0.39 is 0 Å². The van der Waals surface area contributed by atoms with Gasteiger partial charge in [-0.05, 0) is 50.5 Å². The highest BCUT2D eigenvalue weighted by Crippen LogP contribution is 2.36. The number of ether oxygens (including phenoxy) is 2. The summed E-state index contributed by atoms with van der Waals surface area (Å²) >= 11 is 0. The molecule has 1 aromatic heterocycles. The first-order valence-corrected chi connectivity index (χ1v) is 15.0. The number of carbonyl (C=O) groups is 1. The lowest BCUT2D eigenvalue weighted by Crippen LogP contribution is -2.55. The number of rotatable bonds is 7. The average Bonchev–Trinajstić information content (AvgIpc) is 3.48. The molecule has 4 heterocycles. The van der Waals surface area contributed by atoms with Crippen molar-refractivity contribution in [3.63, 3.8) is 0 Å². The van der Waals surface area contributed by atoms with Crippen molar-refractivity contribution in [1.82, 2.24) is 19.8 Å². The van der Waals surface area contributed by atoms with Crippen molar-refractivity contribution in [3.8, 4) is 12.1 Å². The number of nitriles is 1. The Balaban J connectivity index is 1.37. The van der Waals surface area contributed by atoms with Gasteiger partial charge in [0.1, 0.15) is 11.9 Å². The SMILES string of the molecule is C=CC(=O)N1CCN(c2nc(O[C@H]3COC[C@@H]3N(C)C)nc3c2CCN(c2cccc4cccc(C)c24)C3)C[C@@H]1CC#N. The first kappa shape index (κ1) is 28.9. The van der Waals surface area contributed by atoms with E-state index in [0.29, 0.717) is 45.4 Å². The van der Waals surface area contributed by atoms with Crippen molar-refractivity contribution in [2.24, 2.45) is 0 Å². The van der Waals surface area contributed by atoms with Gasteiger partial charge in [-0.2, -0.15) is 15.2 Å². The molecule has 3 aliphatic heterocycles. The topological polar surface area (TPSA) is 98.1 Å². The van der Waals surface area contributed by atoms with Crippen LogP contribution in [-0.2, 0) is 22.5 Å². The van der Waals surface area contributed by atoms with Crippen molar-refractivity contribution >= 4 is 28.2 Å². The van der Waals surface area contributed by atoms with Crippen LogP contribution in [0.4, 0.5) is 11.5 Å². The van der Waals surface area contributed by atoms with Crippen molar-refractivity contribution in [3.05, 3.63) is 65.9 Å². The van der Waals surface area contributed by atoms with Crippen LogP contribution in [0.1, 0.15) is 23.2 Å². The normalized spacial score (nSPS) is 22.0. The molecule has 3 aliphatic rings. The molecule has 0 N–H and O–H groups in total. The van der Waals surface area contributed by atoms with E-state index in [1.165, 1.54) is 28.1 Å². The molecule has 0 bridgehead atoms. The molecular weight excluding hydrogens is 542 g/mol. The summed E-state index contributed by atoms with van der Waals surface area (Å²) in [5.41, 5.74) is 4.49.